The molecule has 1 heterocycles. The summed E-state index contributed by atoms with van der Waals surface area (Å²) in [5.41, 5.74) is 4.25. The molecule has 0 radical (unpaired) electrons. The number of sulfone groups is 1. The van der Waals surface area contributed by atoms with Crippen LogP contribution in [0.3, 0.4) is 0 Å². The van der Waals surface area contributed by atoms with Crippen molar-refractivity contribution >= 4 is 15.7 Å². The molecular weight excluding hydrogens is 346 g/mol. The van der Waals surface area contributed by atoms with E-state index in [0.717, 1.165) is 42.6 Å². The van der Waals surface area contributed by atoms with Crippen molar-refractivity contribution in [1.82, 2.24) is 4.90 Å². The topological polar surface area (TPSA) is 54.5 Å². The Kier molecular flexibility index (Phi) is 5.47. The molecule has 0 aromatic heterocycles. The second-order valence-electron chi connectivity index (χ2n) is 7.16. The number of carbonyl (C=O) groups is 1. The maximum Gasteiger partial charge on any atom is 0.253 e. The van der Waals surface area contributed by atoms with Crippen LogP contribution in [0.25, 0.3) is 0 Å². The number of nitrogens with zero attached hydrogens (tertiary/aromatic N) is 1. The predicted molar refractivity (Wildman–Crippen MR) is 104 cm³/mol. The first-order chi connectivity index (χ1) is 12.3. The van der Waals surface area contributed by atoms with Crippen LogP contribution in [0.2, 0.25) is 0 Å². The van der Waals surface area contributed by atoms with E-state index in [4.69, 9.17) is 0 Å². The largest absolute Gasteiger partial charge is 0.339 e. The van der Waals surface area contributed by atoms with Crippen LogP contribution in [0.15, 0.2) is 42.5 Å². The Hall–Kier alpha value is -2.14. The summed E-state index contributed by atoms with van der Waals surface area (Å²) in [7, 11) is -3.27. The van der Waals surface area contributed by atoms with Crippen LogP contribution in [0, 0.1) is 13.8 Å². The molecule has 0 saturated carbocycles. The Balaban J connectivity index is 1.69. The number of carbonyl (C=O) groups excluding carboxylic acids is 1. The maximum atomic E-state index is 12.6. The molecule has 138 valence electrons. The highest BCUT2D eigenvalue weighted by atomic mass is 32.2. The van der Waals surface area contributed by atoms with Crippen LogP contribution in [0.1, 0.15) is 45.5 Å². The summed E-state index contributed by atoms with van der Waals surface area (Å²) in [6.07, 6.45) is 2.11. The van der Waals surface area contributed by atoms with Crippen molar-refractivity contribution in [1.29, 1.82) is 0 Å². The fraction of sp³-hybridized carbons (Fsp3) is 0.381. The molecule has 1 aliphatic rings. The SMILES string of the molecule is Cc1ccc(C)c(CS(=O)(=O)Cc2ccc(C(=O)N3CCCC3)cc2)c1. The number of likely N-dealkylation sites (tertiary alicyclic amines) is 1. The number of rotatable bonds is 5. The summed E-state index contributed by atoms with van der Waals surface area (Å²) < 4.78 is 25.2. The third kappa shape index (κ3) is 4.52. The van der Waals surface area contributed by atoms with Gasteiger partial charge in [0.15, 0.2) is 9.84 Å². The van der Waals surface area contributed by atoms with Gasteiger partial charge in [0.25, 0.3) is 5.91 Å². The molecular formula is C21H25NO3S. The van der Waals surface area contributed by atoms with Crippen molar-refractivity contribution in [3.63, 3.8) is 0 Å². The van der Waals surface area contributed by atoms with Crippen molar-refractivity contribution in [3.05, 3.63) is 70.3 Å². The summed E-state index contributed by atoms with van der Waals surface area (Å²) in [6.45, 7) is 5.52. The Labute approximate surface area is 155 Å². The zero-order chi connectivity index (χ0) is 18.7. The number of hydrogen-bond acceptors (Lipinski definition) is 3. The minimum Gasteiger partial charge on any atom is -0.339 e. The minimum absolute atomic E-state index is 0.0153. The van der Waals surface area contributed by atoms with E-state index in [1.807, 2.05) is 36.9 Å². The van der Waals surface area contributed by atoms with Crippen LogP contribution < -0.4 is 0 Å². The second kappa shape index (κ2) is 7.62. The highest BCUT2D eigenvalue weighted by Crippen LogP contribution is 2.18. The highest BCUT2D eigenvalue weighted by Gasteiger charge is 2.20. The molecule has 26 heavy (non-hydrogen) atoms. The lowest BCUT2D eigenvalue weighted by Crippen LogP contribution is -2.27. The Morgan fingerprint density at radius 1 is 0.962 bits per heavy atom. The van der Waals surface area contributed by atoms with E-state index in [0.29, 0.717) is 11.1 Å². The molecule has 0 N–H and O–H groups in total. The molecule has 0 aliphatic carbocycles. The van der Waals surface area contributed by atoms with Gasteiger partial charge in [0, 0.05) is 18.7 Å². The molecule has 1 fully saturated rings. The molecule has 0 bridgehead atoms. The van der Waals surface area contributed by atoms with Crippen LogP contribution in [-0.2, 0) is 21.3 Å². The predicted octanol–water partition coefficient (Wildman–Crippen LogP) is 3.65. The quantitative estimate of drug-likeness (QED) is 0.806. The fourth-order valence-electron chi connectivity index (χ4n) is 3.34. The van der Waals surface area contributed by atoms with Gasteiger partial charge >= 0.3 is 0 Å². The van der Waals surface area contributed by atoms with E-state index in [2.05, 4.69) is 0 Å². The molecule has 1 amide bonds. The number of benzene rings is 2. The fourth-order valence-corrected chi connectivity index (χ4v) is 4.93. The first kappa shape index (κ1) is 18.6. The molecule has 0 unspecified atom stereocenters. The van der Waals surface area contributed by atoms with Gasteiger partial charge in [0.1, 0.15) is 0 Å². The Morgan fingerprint density at radius 3 is 2.27 bits per heavy atom. The van der Waals surface area contributed by atoms with Gasteiger partial charge in [-0.25, -0.2) is 8.42 Å². The lowest BCUT2D eigenvalue weighted by atomic mass is 10.1. The summed E-state index contributed by atoms with van der Waals surface area (Å²) in [6, 6.07) is 12.9. The van der Waals surface area contributed by atoms with Gasteiger partial charge in [-0.05, 0) is 55.5 Å². The van der Waals surface area contributed by atoms with Crippen LogP contribution in [0.5, 0.6) is 0 Å². The Bertz CT molecular complexity index is 895. The van der Waals surface area contributed by atoms with Crippen molar-refractivity contribution < 1.29 is 13.2 Å². The molecule has 1 aliphatic heterocycles. The third-order valence-electron chi connectivity index (χ3n) is 4.86. The number of amides is 1. The third-order valence-corrected chi connectivity index (χ3v) is 6.38. The van der Waals surface area contributed by atoms with Gasteiger partial charge in [-0.1, -0.05) is 35.9 Å². The zero-order valence-electron chi connectivity index (χ0n) is 15.4. The lowest BCUT2D eigenvalue weighted by Gasteiger charge is -2.15. The van der Waals surface area contributed by atoms with Crippen LogP contribution >= 0.6 is 0 Å². The summed E-state index contributed by atoms with van der Waals surface area (Å²) >= 11 is 0. The smallest absolute Gasteiger partial charge is 0.253 e. The first-order valence-electron chi connectivity index (χ1n) is 8.99. The second-order valence-corrected chi connectivity index (χ2v) is 9.22. The van der Waals surface area contributed by atoms with Gasteiger partial charge in [-0.2, -0.15) is 0 Å². The van der Waals surface area contributed by atoms with Gasteiger partial charge in [0.2, 0.25) is 0 Å². The van der Waals surface area contributed by atoms with Crippen molar-refractivity contribution in [2.45, 2.75) is 38.2 Å². The van der Waals surface area contributed by atoms with Crippen LogP contribution in [-0.4, -0.2) is 32.3 Å². The molecule has 3 rings (SSSR count). The van der Waals surface area contributed by atoms with Crippen molar-refractivity contribution in [3.8, 4) is 0 Å². The number of hydrogen-bond donors (Lipinski definition) is 0. The number of aryl methyl sites for hydroxylation is 2. The first-order valence-corrected chi connectivity index (χ1v) is 10.8. The van der Waals surface area contributed by atoms with Gasteiger partial charge < -0.3 is 4.90 Å². The van der Waals surface area contributed by atoms with Crippen molar-refractivity contribution in [2.24, 2.45) is 0 Å². The van der Waals surface area contributed by atoms with Crippen LogP contribution in [0.4, 0.5) is 0 Å². The van der Waals surface area contributed by atoms with E-state index >= 15 is 0 Å². The van der Waals surface area contributed by atoms with E-state index in [-0.39, 0.29) is 17.4 Å². The minimum atomic E-state index is -3.27. The monoisotopic (exact) mass is 371 g/mol. The van der Waals surface area contributed by atoms with Gasteiger partial charge in [0.05, 0.1) is 11.5 Å². The van der Waals surface area contributed by atoms with E-state index in [1.165, 1.54) is 0 Å². The molecule has 0 atom stereocenters. The normalized spacial score (nSPS) is 14.6. The molecule has 2 aromatic rings. The average Bonchev–Trinajstić information content (AvgIpc) is 3.12. The zero-order valence-corrected chi connectivity index (χ0v) is 16.2. The molecule has 4 nitrogen and oxygen atoms in total. The Morgan fingerprint density at radius 2 is 1.62 bits per heavy atom. The molecule has 5 heteroatoms. The van der Waals surface area contributed by atoms with Gasteiger partial charge in [-0.15, -0.1) is 0 Å². The van der Waals surface area contributed by atoms with Crippen molar-refractivity contribution in [2.75, 3.05) is 13.1 Å². The lowest BCUT2D eigenvalue weighted by molar-refractivity contribution is 0.0793. The summed E-state index contributed by atoms with van der Waals surface area (Å²) in [5, 5.41) is 0. The maximum absolute atomic E-state index is 12.6. The van der Waals surface area contributed by atoms with Gasteiger partial charge in [-0.3, -0.25) is 4.79 Å². The highest BCUT2D eigenvalue weighted by molar-refractivity contribution is 7.89. The summed E-state index contributed by atoms with van der Waals surface area (Å²) in [4.78, 5) is 14.2. The molecule has 0 spiro atoms. The standard InChI is InChI=1S/C21H25NO3S/c1-16-5-6-17(2)20(13-16)15-26(24,25)14-18-7-9-19(10-8-18)21(23)22-11-3-4-12-22/h5-10,13H,3-4,11-12,14-15H2,1-2H3. The molecule has 2 aromatic carbocycles. The van der Waals surface area contributed by atoms with E-state index < -0.39 is 9.84 Å². The molecule has 1 saturated heterocycles. The summed E-state index contributed by atoms with van der Waals surface area (Å²) in [5.74, 6) is 0.0559. The average molecular weight is 372 g/mol. The van der Waals surface area contributed by atoms with E-state index in [1.54, 1.807) is 24.3 Å². The van der Waals surface area contributed by atoms with E-state index in [9.17, 15) is 13.2 Å².